The summed E-state index contributed by atoms with van der Waals surface area (Å²) >= 11 is 3.35. The Kier molecular flexibility index (Phi) is 3.55. The fraction of sp³-hybridized carbons (Fsp3) is 0.182. The minimum absolute atomic E-state index is 0.00924. The molecule has 6 nitrogen and oxygen atoms in total. The molecule has 0 aliphatic carbocycles. The van der Waals surface area contributed by atoms with Gasteiger partial charge in [-0.05, 0) is 18.2 Å². The molecule has 3 N–H and O–H groups in total. The zero-order valence-corrected chi connectivity index (χ0v) is 12.8. The van der Waals surface area contributed by atoms with E-state index in [2.05, 4.69) is 26.3 Å². The van der Waals surface area contributed by atoms with Crippen LogP contribution in [0.2, 0.25) is 0 Å². The average Bonchev–Trinajstić information content (AvgIpc) is 2.66. The lowest BCUT2D eigenvalue weighted by molar-refractivity contribution is 0.602. The molecular formula is C11H13BrN4O2S. The molecule has 1 aromatic heterocycles. The van der Waals surface area contributed by atoms with Crippen LogP contribution in [0.15, 0.2) is 33.6 Å². The molecule has 2 aromatic rings. The molecule has 102 valence electrons. The van der Waals surface area contributed by atoms with Crippen molar-refractivity contribution < 1.29 is 8.42 Å². The summed E-state index contributed by atoms with van der Waals surface area (Å²) in [5.41, 5.74) is 6.59. The Balaban J connectivity index is 2.71. The predicted molar refractivity (Wildman–Crippen MR) is 78.3 cm³/mol. The fourth-order valence-electron chi connectivity index (χ4n) is 1.75. The molecule has 0 fully saturated rings. The number of anilines is 2. The maximum atomic E-state index is 11.8. The summed E-state index contributed by atoms with van der Waals surface area (Å²) in [5.74, 6) is 0.324. The zero-order chi connectivity index (χ0) is 14.2. The summed E-state index contributed by atoms with van der Waals surface area (Å²) in [6, 6.07) is 7.27. The van der Waals surface area contributed by atoms with Gasteiger partial charge in [-0.1, -0.05) is 22.0 Å². The summed E-state index contributed by atoms with van der Waals surface area (Å²) in [6.45, 7) is 0. The first-order valence-electron chi connectivity index (χ1n) is 5.37. The summed E-state index contributed by atoms with van der Waals surface area (Å²) < 4.78 is 25.8. The Morgan fingerprint density at radius 2 is 2.11 bits per heavy atom. The molecule has 2 rings (SSSR count). The van der Waals surface area contributed by atoms with Crippen LogP contribution in [-0.4, -0.2) is 31.5 Å². The third-order valence-corrected chi connectivity index (χ3v) is 4.17. The second kappa shape index (κ2) is 4.86. The lowest BCUT2D eigenvalue weighted by atomic mass is 10.3. The first-order chi connectivity index (χ1) is 8.84. The molecular weight excluding hydrogens is 332 g/mol. The van der Waals surface area contributed by atoms with Crippen LogP contribution < -0.4 is 11.1 Å². The predicted octanol–water partition coefficient (Wildman–Crippen LogP) is 1.66. The fourth-order valence-corrected chi connectivity index (χ4v) is 3.10. The van der Waals surface area contributed by atoms with Crippen LogP contribution >= 0.6 is 15.9 Å². The van der Waals surface area contributed by atoms with E-state index in [-0.39, 0.29) is 16.5 Å². The van der Waals surface area contributed by atoms with Crippen molar-refractivity contribution in [2.24, 2.45) is 0 Å². The van der Waals surface area contributed by atoms with E-state index in [1.807, 2.05) is 12.1 Å². The number of nitrogens with two attached hydrogens (primary N) is 1. The van der Waals surface area contributed by atoms with Crippen LogP contribution in [0.1, 0.15) is 0 Å². The van der Waals surface area contributed by atoms with E-state index >= 15 is 0 Å². The van der Waals surface area contributed by atoms with Crippen molar-refractivity contribution in [1.29, 1.82) is 0 Å². The Labute approximate surface area is 119 Å². The standard InChI is InChI=1S/C11H13BrN4O2S/c1-14-11-9(19(2,17)18)10(13)16(15-11)8-5-3-4-7(12)6-8/h3-6H,13H2,1-2H3,(H,14,15). The Morgan fingerprint density at radius 1 is 1.42 bits per heavy atom. The Morgan fingerprint density at radius 3 is 2.58 bits per heavy atom. The van der Waals surface area contributed by atoms with Crippen molar-refractivity contribution in [3.05, 3.63) is 28.7 Å². The molecule has 0 radical (unpaired) electrons. The third kappa shape index (κ3) is 2.59. The first kappa shape index (κ1) is 13.9. The van der Waals surface area contributed by atoms with Crippen LogP contribution in [0.5, 0.6) is 0 Å². The van der Waals surface area contributed by atoms with Crippen molar-refractivity contribution in [3.8, 4) is 5.69 Å². The van der Waals surface area contributed by atoms with E-state index in [0.717, 1.165) is 10.7 Å². The molecule has 1 aromatic carbocycles. The van der Waals surface area contributed by atoms with Crippen LogP contribution in [0.4, 0.5) is 11.6 Å². The number of nitrogens with one attached hydrogen (secondary N) is 1. The van der Waals surface area contributed by atoms with Crippen molar-refractivity contribution in [2.45, 2.75) is 4.90 Å². The third-order valence-electron chi connectivity index (χ3n) is 2.54. The van der Waals surface area contributed by atoms with Gasteiger partial charge >= 0.3 is 0 Å². The van der Waals surface area contributed by atoms with E-state index in [1.165, 1.54) is 4.68 Å². The molecule has 0 unspecified atom stereocenters. The monoisotopic (exact) mass is 344 g/mol. The SMILES string of the molecule is CNc1nn(-c2cccc(Br)c2)c(N)c1S(C)(=O)=O. The number of nitrogen functional groups attached to an aromatic ring is 1. The van der Waals surface area contributed by atoms with Gasteiger partial charge in [0.15, 0.2) is 20.6 Å². The highest BCUT2D eigenvalue weighted by atomic mass is 79.9. The van der Waals surface area contributed by atoms with Crippen molar-refractivity contribution in [2.75, 3.05) is 24.4 Å². The highest BCUT2D eigenvalue weighted by Crippen LogP contribution is 2.29. The molecule has 0 spiro atoms. The number of halogens is 1. The second-order valence-electron chi connectivity index (χ2n) is 3.98. The maximum absolute atomic E-state index is 11.8. The number of sulfone groups is 1. The molecule has 0 bridgehead atoms. The van der Waals surface area contributed by atoms with Gasteiger partial charge in [-0.15, -0.1) is 5.10 Å². The first-order valence-corrected chi connectivity index (χ1v) is 8.05. The van der Waals surface area contributed by atoms with Gasteiger partial charge in [0, 0.05) is 17.8 Å². The topological polar surface area (TPSA) is 90.0 Å². The van der Waals surface area contributed by atoms with Gasteiger partial charge in [-0.2, -0.15) is 0 Å². The molecule has 0 saturated heterocycles. The summed E-state index contributed by atoms with van der Waals surface area (Å²) in [6.07, 6.45) is 1.10. The average molecular weight is 345 g/mol. The summed E-state index contributed by atoms with van der Waals surface area (Å²) in [4.78, 5) is 0.00924. The van der Waals surface area contributed by atoms with E-state index in [1.54, 1.807) is 19.2 Å². The lowest BCUT2D eigenvalue weighted by Crippen LogP contribution is -2.06. The van der Waals surface area contributed by atoms with Gasteiger partial charge in [0.05, 0.1) is 5.69 Å². The van der Waals surface area contributed by atoms with Gasteiger partial charge in [0.25, 0.3) is 0 Å². The quantitative estimate of drug-likeness (QED) is 0.883. The summed E-state index contributed by atoms with van der Waals surface area (Å²) in [7, 11) is -1.86. The molecule has 0 aliphatic rings. The van der Waals surface area contributed by atoms with Gasteiger partial charge in [-0.3, -0.25) is 0 Å². The molecule has 19 heavy (non-hydrogen) atoms. The highest BCUT2D eigenvalue weighted by Gasteiger charge is 2.24. The van der Waals surface area contributed by atoms with Gasteiger partial charge in [0.1, 0.15) is 5.82 Å². The van der Waals surface area contributed by atoms with E-state index in [4.69, 9.17) is 5.73 Å². The summed E-state index contributed by atoms with van der Waals surface area (Å²) in [5, 5.41) is 6.93. The van der Waals surface area contributed by atoms with Crippen LogP contribution in [0.25, 0.3) is 5.69 Å². The minimum Gasteiger partial charge on any atom is -0.382 e. The van der Waals surface area contributed by atoms with Crippen LogP contribution in [-0.2, 0) is 9.84 Å². The Bertz CT molecular complexity index is 724. The number of benzene rings is 1. The number of rotatable bonds is 3. The van der Waals surface area contributed by atoms with Crippen molar-refractivity contribution in [3.63, 3.8) is 0 Å². The van der Waals surface area contributed by atoms with Gasteiger partial charge in [-0.25, -0.2) is 13.1 Å². The number of aromatic nitrogens is 2. The molecule has 0 amide bonds. The van der Waals surface area contributed by atoms with Crippen molar-refractivity contribution >= 4 is 37.4 Å². The van der Waals surface area contributed by atoms with Crippen LogP contribution in [0, 0.1) is 0 Å². The number of nitrogens with zero attached hydrogens (tertiary/aromatic N) is 2. The normalized spacial score (nSPS) is 11.5. The van der Waals surface area contributed by atoms with E-state index in [9.17, 15) is 8.42 Å². The lowest BCUT2D eigenvalue weighted by Gasteiger charge is -2.04. The molecule has 0 aliphatic heterocycles. The molecule has 0 saturated carbocycles. The van der Waals surface area contributed by atoms with Crippen molar-refractivity contribution in [1.82, 2.24) is 9.78 Å². The highest BCUT2D eigenvalue weighted by molar-refractivity contribution is 9.10. The van der Waals surface area contributed by atoms with Crippen LogP contribution in [0.3, 0.4) is 0 Å². The van der Waals surface area contributed by atoms with Gasteiger partial charge in [0.2, 0.25) is 0 Å². The molecule has 8 heteroatoms. The smallest absolute Gasteiger partial charge is 0.182 e. The number of hydrogen-bond acceptors (Lipinski definition) is 5. The number of hydrogen-bond donors (Lipinski definition) is 2. The van der Waals surface area contributed by atoms with Gasteiger partial charge < -0.3 is 11.1 Å². The molecule has 0 atom stereocenters. The van der Waals surface area contributed by atoms with E-state index < -0.39 is 9.84 Å². The maximum Gasteiger partial charge on any atom is 0.182 e. The Hall–Kier alpha value is -1.54. The zero-order valence-electron chi connectivity index (χ0n) is 10.4. The van der Waals surface area contributed by atoms with E-state index in [0.29, 0.717) is 5.69 Å². The molecule has 1 heterocycles. The minimum atomic E-state index is -3.46. The second-order valence-corrected chi connectivity index (χ2v) is 6.85. The largest absolute Gasteiger partial charge is 0.382 e.